The minimum absolute atomic E-state index is 0.591. The highest BCUT2D eigenvalue weighted by Crippen LogP contribution is 2.29. The van der Waals surface area contributed by atoms with Gasteiger partial charge in [-0.15, -0.1) is 0 Å². The van der Waals surface area contributed by atoms with E-state index in [9.17, 15) is 0 Å². The van der Waals surface area contributed by atoms with Crippen LogP contribution in [0.2, 0.25) is 0 Å². The monoisotopic (exact) mass is 271 g/mol. The maximum atomic E-state index is 4.44. The molecule has 0 bridgehead atoms. The SMILES string of the molecule is CCC1CCCCC1Nc1ccc(-n2cncn2)nc1. The van der Waals surface area contributed by atoms with E-state index in [1.54, 1.807) is 11.0 Å². The summed E-state index contributed by atoms with van der Waals surface area (Å²) in [4.78, 5) is 8.37. The number of nitrogens with zero attached hydrogens (tertiary/aromatic N) is 4. The number of hydrogen-bond acceptors (Lipinski definition) is 4. The maximum Gasteiger partial charge on any atom is 0.155 e. The molecule has 106 valence electrons. The Morgan fingerprint density at radius 1 is 1.30 bits per heavy atom. The number of aromatic nitrogens is 4. The Kier molecular flexibility index (Phi) is 3.95. The molecule has 2 aromatic heterocycles. The first-order valence-corrected chi connectivity index (χ1v) is 7.44. The Morgan fingerprint density at radius 2 is 2.20 bits per heavy atom. The van der Waals surface area contributed by atoms with Crippen LogP contribution in [0.5, 0.6) is 0 Å². The van der Waals surface area contributed by atoms with Gasteiger partial charge in [0.2, 0.25) is 0 Å². The van der Waals surface area contributed by atoms with Crippen molar-refractivity contribution in [2.45, 2.75) is 45.1 Å². The summed E-state index contributed by atoms with van der Waals surface area (Å²) in [6, 6.07) is 4.64. The van der Waals surface area contributed by atoms with Gasteiger partial charge in [0.1, 0.15) is 12.7 Å². The van der Waals surface area contributed by atoms with Crippen molar-refractivity contribution >= 4 is 5.69 Å². The molecule has 0 amide bonds. The second-order valence-corrected chi connectivity index (χ2v) is 5.45. The average molecular weight is 271 g/mol. The van der Waals surface area contributed by atoms with Gasteiger partial charge in [0.05, 0.1) is 11.9 Å². The largest absolute Gasteiger partial charge is 0.381 e. The molecule has 1 aliphatic carbocycles. The van der Waals surface area contributed by atoms with Crippen LogP contribution in [0, 0.1) is 5.92 Å². The quantitative estimate of drug-likeness (QED) is 0.928. The molecule has 0 aromatic carbocycles. The van der Waals surface area contributed by atoms with E-state index in [4.69, 9.17) is 0 Å². The number of nitrogens with one attached hydrogen (secondary N) is 1. The first-order valence-electron chi connectivity index (χ1n) is 7.44. The fourth-order valence-electron chi connectivity index (χ4n) is 3.03. The Balaban J connectivity index is 1.68. The molecule has 5 heteroatoms. The molecular weight excluding hydrogens is 250 g/mol. The van der Waals surface area contributed by atoms with Crippen LogP contribution in [0.3, 0.4) is 0 Å². The van der Waals surface area contributed by atoms with E-state index in [1.807, 2.05) is 12.3 Å². The van der Waals surface area contributed by atoms with Gasteiger partial charge in [-0.25, -0.2) is 14.6 Å². The Hall–Kier alpha value is -1.91. The van der Waals surface area contributed by atoms with Crippen molar-refractivity contribution in [1.82, 2.24) is 19.7 Å². The van der Waals surface area contributed by atoms with Gasteiger partial charge in [-0.05, 0) is 30.9 Å². The molecule has 1 N–H and O–H groups in total. The lowest BCUT2D eigenvalue weighted by Crippen LogP contribution is -2.31. The molecule has 2 atom stereocenters. The van der Waals surface area contributed by atoms with Gasteiger partial charge in [-0.2, -0.15) is 5.10 Å². The topological polar surface area (TPSA) is 55.6 Å². The van der Waals surface area contributed by atoms with Crippen molar-refractivity contribution in [3.63, 3.8) is 0 Å². The normalized spacial score (nSPS) is 22.6. The van der Waals surface area contributed by atoms with Crippen LogP contribution < -0.4 is 5.32 Å². The zero-order valence-electron chi connectivity index (χ0n) is 11.9. The van der Waals surface area contributed by atoms with Crippen LogP contribution in [0.4, 0.5) is 5.69 Å². The van der Waals surface area contributed by atoms with E-state index in [0.717, 1.165) is 17.4 Å². The molecule has 1 aliphatic rings. The van der Waals surface area contributed by atoms with E-state index in [1.165, 1.54) is 38.4 Å². The van der Waals surface area contributed by atoms with E-state index in [2.05, 4.69) is 33.4 Å². The van der Waals surface area contributed by atoms with Gasteiger partial charge in [0, 0.05) is 6.04 Å². The van der Waals surface area contributed by atoms with E-state index < -0.39 is 0 Å². The Labute approximate surface area is 119 Å². The Morgan fingerprint density at radius 3 is 2.90 bits per heavy atom. The molecule has 1 saturated carbocycles. The van der Waals surface area contributed by atoms with Crippen LogP contribution in [0.25, 0.3) is 5.82 Å². The lowest BCUT2D eigenvalue weighted by molar-refractivity contribution is 0.317. The summed E-state index contributed by atoms with van der Waals surface area (Å²) in [6.45, 7) is 2.29. The van der Waals surface area contributed by atoms with E-state index >= 15 is 0 Å². The first-order chi connectivity index (χ1) is 9.86. The molecule has 0 spiro atoms. The van der Waals surface area contributed by atoms with Crippen LogP contribution in [0.15, 0.2) is 31.0 Å². The molecule has 2 heterocycles. The van der Waals surface area contributed by atoms with Gasteiger partial charge < -0.3 is 5.32 Å². The van der Waals surface area contributed by atoms with Crippen LogP contribution in [-0.4, -0.2) is 25.8 Å². The summed E-state index contributed by atoms with van der Waals surface area (Å²) >= 11 is 0. The average Bonchev–Trinajstić information content (AvgIpc) is 3.03. The second kappa shape index (κ2) is 6.03. The van der Waals surface area contributed by atoms with Gasteiger partial charge in [0.15, 0.2) is 5.82 Å². The summed E-state index contributed by atoms with van der Waals surface area (Å²) in [5.41, 5.74) is 1.10. The fraction of sp³-hybridized carbons (Fsp3) is 0.533. The molecular formula is C15H21N5. The Bertz CT molecular complexity index is 520. The smallest absolute Gasteiger partial charge is 0.155 e. The molecule has 2 unspecified atom stereocenters. The third-order valence-corrected chi connectivity index (χ3v) is 4.19. The summed E-state index contributed by atoms with van der Waals surface area (Å²) in [7, 11) is 0. The van der Waals surface area contributed by atoms with Gasteiger partial charge >= 0.3 is 0 Å². The highest BCUT2D eigenvalue weighted by molar-refractivity contribution is 5.44. The van der Waals surface area contributed by atoms with Crippen molar-refractivity contribution in [2.75, 3.05) is 5.32 Å². The van der Waals surface area contributed by atoms with Gasteiger partial charge in [0.25, 0.3) is 0 Å². The maximum absolute atomic E-state index is 4.44. The molecule has 3 rings (SSSR count). The number of anilines is 1. The van der Waals surface area contributed by atoms with Crippen molar-refractivity contribution in [2.24, 2.45) is 5.92 Å². The summed E-state index contributed by atoms with van der Waals surface area (Å²) in [6.07, 6.45) is 11.6. The molecule has 2 aromatic rings. The zero-order valence-corrected chi connectivity index (χ0v) is 11.9. The predicted molar refractivity (Wildman–Crippen MR) is 78.8 cm³/mol. The second-order valence-electron chi connectivity index (χ2n) is 5.45. The van der Waals surface area contributed by atoms with Crippen molar-refractivity contribution in [1.29, 1.82) is 0 Å². The highest BCUT2D eigenvalue weighted by atomic mass is 15.3. The lowest BCUT2D eigenvalue weighted by atomic mass is 9.83. The van der Waals surface area contributed by atoms with Gasteiger partial charge in [-0.3, -0.25) is 0 Å². The van der Waals surface area contributed by atoms with Crippen LogP contribution in [0.1, 0.15) is 39.0 Å². The third-order valence-electron chi connectivity index (χ3n) is 4.19. The predicted octanol–water partition coefficient (Wildman–Crippen LogP) is 3.04. The summed E-state index contributed by atoms with van der Waals surface area (Å²) < 4.78 is 1.67. The first kappa shape index (κ1) is 13.1. The minimum atomic E-state index is 0.591. The standard InChI is InChI=1S/C15H21N5/c1-2-12-5-3-4-6-14(12)19-13-7-8-15(17-9-13)20-11-16-10-18-20/h7-12,14,19H,2-6H2,1H3. The molecule has 5 nitrogen and oxygen atoms in total. The molecule has 0 radical (unpaired) electrons. The lowest BCUT2D eigenvalue weighted by Gasteiger charge is -2.32. The van der Waals surface area contributed by atoms with Crippen molar-refractivity contribution in [3.05, 3.63) is 31.0 Å². The van der Waals surface area contributed by atoms with Crippen molar-refractivity contribution in [3.8, 4) is 5.82 Å². The van der Waals surface area contributed by atoms with E-state index in [0.29, 0.717) is 6.04 Å². The summed E-state index contributed by atoms with van der Waals surface area (Å²) in [5, 5.41) is 7.73. The number of pyridine rings is 1. The third kappa shape index (κ3) is 2.81. The summed E-state index contributed by atoms with van der Waals surface area (Å²) in [5.74, 6) is 1.59. The zero-order chi connectivity index (χ0) is 13.8. The number of rotatable bonds is 4. The fourth-order valence-corrected chi connectivity index (χ4v) is 3.03. The van der Waals surface area contributed by atoms with Crippen LogP contribution in [-0.2, 0) is 0 Å². The molecule has 0 aliphatic heterocycles. The van der Waals surface area contributed by atoms with Crippen LogP contribution >= 0.6 is 0 Å². The highest BCUT2D eigenvalue weighted by Gasteiger charge is 2.23. The molecule has 0 saturated heterocycles. The molecule has 1 fully saturated rings. The van der Waals surface area contributed by atoms with E-state index in [-0.39, 0.29) is 0 Å². The van der Waals surface area contributed by atoms with Gasteiger partial charge in [-0.1, -0.05) is 26.2 Å². The minimum Gasteiger partial charge on any atom is -0.381 e. The number of hydrogen-bond donors (Lipinski definition) is 1. The molecule has 20 heavy (non-hydrogen) atoms. The van der Waals surface area contributed by atoms with Crippen molar-refractivity contribution < 1.29 is 0 Å².